The van der Waals surface area contributed by atoms with Gasteiger partial charge in [-0.15, -0.1) is 0 Å². The van der Waals surface area contributed by atoms with Crippen molar-refractivity contribution >= 4 is 21.8 Å². The highest BCUT2D eigenvalue weighted by atomic mass is 32.2. The molecule has 2 heterocycles. The number of carbonyl (C=O) groups excluding carboxylic acids is 1. The molecule has 0 unspecified atom stereocenters. The van der Waals surface area contributed by atoms with Crippen molar-refractivity contribution in [1.29, 1.82) is 0 Å². The van der Waals surface area contributed by atoms with Gasteiger partial charge >= 0.3 is 0 Å². The van der Waals surface area contributed by atoms with Gasteiger partial charge in [0.1, 0.15) is 12.4 Å². The van der Waals surface area contributed by atoms with Gasteiger partial charge in [-0.05, 0) is 36.6 Å². The molecule has 0 N–H and O–H groups in total. The minimum absolute atomic E-state index is 0.166. The van der Waals surface area contributed by atoms with E-state index in [-0.39, 0.29) is 12.5 Å². The Bertz CT molecular complexity index is 994. The fraction of sp³-hybridized carbons (Fsp3) is 0.381. The Morgan fingerprint density at radius 3 is 2.59 bits per heavy atom. The van der Waals surface area contributed by atoms with E-state index < -0.39 is 10.2 Å². The SMILES string of the molecule is Cc1ccc2c(c1)N(C(=O)CN1CCCN(Cc3ccccc3)S1(=O)=O)CCO2. The number of fused-ring (bicyclic) bond motifs is 1. The van der Waals surface area contributed by atoms with Crippen molar-refractivity contribution in [3.05, 3.63) is 59.7 Å². The van der Waals surface area contributed by atoms with Crippen molar-refractivity contribution in [3.8, 4) is 5.75 Å². The van der Waals surface area contributed by atoms with Crippen LogP contribution in [0.3, 0.4) is 0 Å². The molecule has 0 atom stereocenters. The summed E-state index contributed by atoms with van der Waals surface area (Å²) >= 11 is 0. The fourth-order valence-corrected chi connectivity index (χ4v) is 5.38. The van der Waals surface area contributed by atoms with Crippen LogP contribution >= 0.6 is 0 Å². The molecular weight excluding hydrogens is 390 g/mol. The second-order valence-electron chi connectivity index (χ2n) is 7.38. The average molecular weight is 416 g/mol. The number of benzene rings is 2. The Labute approximate surface area is 171 Å². The summed E-state index contributed by atoms with van der Waals surface area (Å²) in [4.78, 5) is 14.7. The summed E-state index contributed by atoms with van der Waals surface area (Å²) in [5.74, 6) is 0.424. The minimum Gasteiger partial charge on any atom is -0.490 e. The second kappa shape index (κ2) is 8.14. The molecule has 0 aromatic heterocycles. The molecule has 2 aliphatic rings. The molecule has 29 heavy (non-hydrogen) atoms. The number of hydrogen-bond donors (Lipinski definition) is 0. The van der Waals surface area contributed by atoms with Crippen molar-refractivity contribution in [2.75, 3.05) is 37.7 Å². The predicted molar refractivity (Wildman–Crippen MR) is 111 cm³/mol. The number of nitrogens with zero attached hydrogens (tertiary/aromatic N) is 3. The van der Waals surface area contributed by atoms with Crippen LogP contribution in [-0.4, -0.2) is 55.7 Å². The number of anilines is 1. The third-order valence-corrected chi connectivity index (χ3v) is 7.19. The van der Waals surface area contributed by atoms with Crippen LogP contribution in [0.2, 0.25) is 0 Å². The first-order valence-corrected chi connectivity index (χ1v) is 11.2. The van der Waals surface area contributed by atoms with Crippen LogP contribution in [0.5, 0.6) is 5.75 Å². The van der Waals surface area contributed by atoms with E-state index in [1.54, 1.807) is 4.90 Å². The van der Waals surface area contributed by atoms with Gasteiger partial charge in [0.2, 0.25) is 5.91 Å². The zero-order valence-electron chi connectivity index (χ0n) is 16.5. The van der Waals surface area contributed by atoms with Gasteiger partial charge in [0.15, 0.2) is 0 Å². The summed E-state index contributed by atoms with van der Waals surface area (Å²) in [6.07, 6.45) is 0.693. The summed E-state index contributed by atoms with van der Waals surface area (Å²) in [6.45, 7) is 3.72. The average Bonchev–Trinajstić information content (AvgIpc) is 2.71. The van der Waals surface area contributed by atoms with Crippen LogP contribution in [0, 0.1) is 6.92 Å². The van der Waals surface area contributed by atoms with Gasteiger partial charge < -0.3 is 9.64 Å². The standard InChI is InChI=1S/C21H25N3O4S/c1-17-8-9-20-19(14-17)24(12-13-28-20)21(25)16-23-11-5-10-22(29(23,26)27)15-18-6-3-2-4-7-18/h2-4,6-9,14H,5,10-13,15-16H2,1H3. The first kappa shape index (κ1) is 19.9. The van der Waals surface area contributed by atoms with Crippen LogP contribution in [0.1, 0.15) is 17.5 Å². The van der Waals surface area contributed by atoms with Crippen LogP contribution in [0.4, 0.5) is 5.69 Å². The number of hydrogen-bond acceptors (Lipinski definition) is 4. The maximum absolute atomic E-state index is 13.1. The quantitative estimate of drug-likeness (QED) is 0.768. The highest BCUT2D eigenvalue weighted by molar-refractivity contribution is 7.86. The van der Waals surface area contributed by atoms with Crippen LogP contribution < -0.4 is 9.64 Å². The van der Waals surface area contributed by atoms with Gasteiger partial charge in [0, 0.05) is 19.6 Å². The fourth-order valence-electron chi connectivity index (χ4n) is 3.75. The smallest absolute Gasteiger partial charge is 0.282 e. The number of amides is 1. The molecule has 154 valence electrons. The normalized spacial score (nSPS) is 19.4. The molecule has 8 heteroatoms. The van der Waals surface area contributed by atoms with E-state index in [1.165, 1.54) is 8.61 Å². The van der Waals surface area contributed by atoms with E-state index in [0.29, 0.717) is 50.6 Å². The molecule has 1 amide bonds. The molecule has 0 bridgehead atoms. The highest BCUT2D eigenvalue weighted by Gasteiger charge is 2.36. The zero-order valence-corrected chi connectivity index (χ0v) is 17.3. The topological polar surface area (TPSA) is 70.2 Å². The van der Waals surface area contributed by atoms with Crippen molar-refractivity contribution in [2.45, 2.75) is 19.9 Å². The monoisotopic (exact) mass is 415 g/mol. The Morgan fingerprint density at radius 2 is 1.79 bits per heavy atom. The predicted octanol–water partition coefficient (Wildman–Crippen LogP) is 2.17. The van der Waals surface area contributed by atoms with Crippen molar-refractivity contribution in [1.82, 2.24) is 8.61 Å². The molecule has 0 spiro atoms. The molecule has 2 aromatic rings. The molecular formula is C21H25N3O4S. The lowest BCUT2D eigenvalue weighted by atomic mass is 10.1. The van der Waals surface area contributed by atoms with E-state index in [9.17, 15) is 13.2 Å². The Balaban J connectivity index is 1.50. The zero-order chi connectivity index (χ0) is 20.4. The van der Waals surface area contributed by atoms with Gasteiger partial charge in [-0.3, -0.25) is 4.79 Å². The minimum atomic E-state index is -3.69. The lowest BCUT2D eigenvalue weighted by Crippen LogP contribution is -2.53. The van der Waals surface area contributed by atoms with E-state index >= 15 is 0 Å². The maximum Gasteiger partial charge on any atom is 0.282 e. The number of rotatable bonds is 4. The number of aryl methyl sites for hydroxylation is 1. The van der Waals surface area contributed by atoms with Crippen LogP contribution in [0.15, 0.2) is 48.5 Å². The van der Waals surface area contributed by atoms with Gasteiger partial charge in [-0.2, -0.15) is 17.0 Å². The summed E-state index contributed by atoms with van der Waals surface area (Å²) in [6, 6.07) is 15.2. The van der Waals surface area contributed by atoms with Crippen LogP contribution in [0.25, 0.3) is 0 Å². The molecule has 2 aromatic carbocycles. The molecule has 1 saturated heterocycles. The first-order chi connectivity index (χ1) is 13.9. The lowest BCUT2D eigenvalue weighted by molar-refractivity contribution is -0.119. The molecule has 0 aliphatic carbocycles. The van der Waals surface area contributed by atoms with Gasteiger partial charge in [-0.25, -0.2) is 0 Å². The Kier molecular flexibility index (Phi) is 5.58. The Hall–Kier alpha value is -2.42. The summed E-state index contributed by atoms with van der Waals surface area (Å²) in [5.41, 5.74) is 2.66. The second-order valence-corrected chi connectivity index (χ2v) is 9.31. The third-order valence-electron chi connectivity index (χ3n) is 5.26. The molecule has 1 fully saturated rings. The van der Waals surface area contributed by atoms with Crippen LogP contribution in [-0.2, 0) is 21.5 Å². The molecule has 0 radical (unpaired) electrons. The summed E-state index contributed by atoms with van der Waals surface area (Å²) < 4.78 is 34.6. The Morgan fingerprint density at radius 1 is 1.03 bits per heavy atom. The van der Waals surface area contributed by atoms with Crippen molar-refractivity contribution in [2.24, 2.45) is 0 Å². The van der Waals surface area contributed by atoms with E-state index in [2.05, 4.69) is 0 Å². The lowest BCUT2D eigenvalue weighted by Gasteiger charge is -2.36. The largest absolute Gasteiger partial charge is 0.490 e. The van der Waals surface area contributed by atoms with Crippen molar-refractivity contribution in [3.63, 3.8) is 0 Å². The first-order valence-electron chi connectivity index (χ1n) is 9.78. The number of ether oxygens (including phenoxy) is 1. The van der Waals surface area contributed by atoms with E-state index in [0.717, 1.165) is 11.1 Å². The van der Waals surface area contributed by atoms with E-state index in [4.69, 9.17) is 4.74 Å². The molecule has 4 rings (SSSR count). The van der Waals surface area contributed by atoms with Gasteiger partial charge in [-0.1, -0.05) is 36.4 Å². The summed E-state index contributed by atoms with van der Waals surface area (Å²) in [7, 11) is -3.69. The van der Waals surface area contributed by atoms with Crippen molar-refractivity contribution < 1.29 is 17.9 Å². The summed E-state index contributed by atoms with van der Waals surface area (Å²) in [5, 5.41) is 0. The maximum atomic E-state index is 13.1. The molecule has 0 saturated carbocycles. The highest BCUT2D eigenvalue weighted by Crippen LogP contribution is 2.32. The van der Waals surface area contributed by atoms with Gasteiger partial charge in [0.25, 0.3) is 10.2 Å². The van der Waals surface area contributed by atoms with Gasteiger partial charge in [0.05, 0.1) is 18.8 Å². The third kappa shape index (κ3) is 4.14. The molecule has 2 aliphatic heterocycles. The van der Waals surface area contributed by atoms with E-state index in [1.807, 2.05) is 55.5 Å². The number of carbonyl (C=O) groups is 1. The molecule has 7 nitrogen and oxygen atoms in total.